The molecular weight excluding hydrogens is 512 g/mol. The molecule has 2 aromatic heterocycles. The Hall–Kier alpha value is -4.28. The molecule has 1 unspecified atom stereocenters. The van der Waals surface area contributed by atoms with Crippen LogP contribution in [0, 0.1) is 0 Å². The largest absolute Gasteiger partial charge is 0.444 e. The van der Waals surface area contributed by atoms with E-state index >= 15 is 0 Å². The lowest BCUT2D eigenvalue weighted by molar-refractivity contribution is -0.123. The summed E-state index contributed by atoms with van der Waals surface area (Å²) in [7, 11) is 0. The van der Waals surface area contributed by atoms with E-state index in [1.165, 1.54) is 6.20 Å². The molecular formula is C29H40N6O5. The first-order valence-corrected chi connectivity index (χ1v) is 13.3. The van der Waals surface area contributed by atoms with Gasteiger partial charge in [-0.05, 0) is 65.5 Å². The number of hydrogen-bond donors (Lipinski definition) is 4. The molecule has 11 heteroatoms. The van der Waals surface area contributed by atoms with Gasteiger partial charge in [0, 0.05) is 61.1 Å². The molecule has 0 saturated carbocycles. The number of nitrogens with one attached hydrogen (secondary N) is 4. The molecule has 0 aromatic carbocycles. The van der Waals surface area contributed by atoms with Gasteiger partial charge in [0.2, 0.25) is 11.8 Å². The van der Waals surface area contributed by atoms with E-state index < -0.39 is 17.7 Å². The van der Waals surface area contributed by atoms with Gasteiger partial charge in [0.15, 0.2) is 0 Å². The second-order valence-corrected chi connectivity index (χ2v) is 10.3. The van der Waals surface area contributed by atoms with Crippen molar-refractivity contribution in [2.24, 2.45) is 0 Å². The van der Waals surface area contributed by atoms with Crippen molar-refractivity contribution >= 4 is 23.8 Å². The van der Waals surface area contributed by atoms with Crippen LogP contribution in [-0.2, 0) is 14.3 Å². The lowest BCUT2D eigenvalue weighted by atomic mass is 10.1. The van der Waals surface area contributed by atoms with Crippen LogP contribution in [0.4, 0.5) is 4.79 Å². The zero-order valence-electron chi connectivity index (χ0n) is 23.7. The molecule has 0 aliphatic carbocycles. The molecule has 0 radical (unpaired) electrons. The summed E-state index contributed by atoms with van der Waals surface area (Å²) in [6.45, 7) is 11.5. The number of carbonyl (C=O) groups excluding carboxylic acids is 4. The predicted octanol–water partition coefficient (Wildman–Crippen LogP) is 3.14. The fourth-order valence-electron chi connectivity index (χ4n) is 3.53. The molecule has 4 amide bonds. The van der Waals surface area contributed by atoms with Gasteiger partial charge in [0.1, 0.15) is 11.6 Å². The number of alkyl carbamates (subject to hydrolysis) is 1. The minimum absolute atomic E-state index is 0.236. The minimum atomic E-state index is -0.809. The molecule has 0 aliphatic rings. The fourth-order valence-corrected chi connectivity index (χ4v) is 3.53. The number of amides is 4. The highest BCUT2D eigenvalue weighted by Crippen LogP contribution is 2.18. The highest BCUT2D eigenvalue weighted by molar-refractivity contribution is 5.95. The standard InChI is InChI=1S/C29H40N6O5/c1-20(2)25(36)32-14-9-15-34-27(38)24(35-28(39)40-29(3,4)5)11-6-7-13-33-26(37)23-16-22(18-31-19-23)21-10-8-12-30-17-21/h8,10,12,16-19,24H,1,6-7,9,11,13-15H2,2-5H3,(H,32,36)(H,33,37)(H,34,38)(H,35,39). The molecule has 1 atom stereocenters. The Bertz CT molecular complexity index is 1160. The van der Waals surface area contributed by atoms with Crippen molar-refractivity contribution in [3.63, 3.8) is 0 Å². The van der Waals surface area contributed by atoms with Crippen LogP contribution in [0.5, 0.6) is 0 Å². The van der Waals surface area contributed by atoms with Crippen LogP contribution in [0.1, 0.15) is 63.7 Å². The Kier molecular flexibility index (Phi) is 12.7. The lowest BCUT2D eigenvalue weighted by Gasteiger charge is -2.23. The normalized spacial score (nSPS) is 11.6. The molecule has 11 nitrogen and oxygen atoms in total. The maximum absolute atomic E-state index is 12.8. The zero-order valence-corrected chi connectivity index (χ0v) is 23.7. The van der Waals surface area contributed by atoms with Gasteiger partial charge in [-0.3, -0.25) is 24.4 Å². The van der Waals surface area contributed by atoms with E-state index in [0.717, 1.165) is 11.1 Å². The quantitative estimate of drug-likeness (QED) is 0.208. The summed E-state index contributed by atoms with van der Waals surface area (Å²) in [4.78, 5) is 57.6. The Labute approximate surface area is 235 Å². The predicted molar refractivity (Wildman–Crippen MR) is 152 cm³/mol. The fraction of sp³-hybridized carbons (Fsp3) is 0.448. The van der Waals surface area contributed by atoms with Gasteiger partial charge in [-0.1, -0.05) is 12.6 Å². The number of pyridine rings is 2. The van der Waals surface area contributed by atoms with Crippen molar-refractivity contribution in [2.75, 3.05) is 19.6 Å². The monoisotopic (exact) mass is 552 g/mol. The molecule has 0 saturated heterocycles. The highest BCUT2D eigenvalue weighted by atomic mass is 16.6. The number of unbranched alkanes of at least 4 members (excludes halogenated alkanes) is 1. The molecule has 2 heterocycles. The summed E-state index contributed by atoms with van der Waals surface area (Å²) in [6.07, 6.45) is 7.91. The molecule has 0 bridgehead atoms. The number of hydrogen-bond acceptors (Lipinski definition) is 7. The van der Waals surface area contributed by atoms with E-state index in [0.29, 0.717) is 56.5 Å². The van der Waals surface area contributed by atoms with Crippen LogP contribution in [-0.4, -0.2) is 65.1 Å². The van der Waals surface area contributed by atoms with Crippen LogP contribution in [0.3, 0.4) is 0 Å². The summed E-state index contributed by atoms with van der Waals surface area (Å²) in [5, 5.41) is 11.0. The lowest BCUT2D eigenvalue weighted by Crippen LogP contribution is -2.48. The first-order chi connectivity index (χ1) is 19.0. The third kappa shape index (κ3) is 12.1. The number of rotatable bonds is 14. The molecule has 2 rings (SSSR count). The van der Waals surface area contributed by atoms with Crippen molar-refractivity contribution < 1.29 is 23.9 Å². The number of nitrogens with zero attached hydrogens (tertiary/aromatic N) is 2. The van der Waals surface area contributed by atoms with Gasteiger partial charge in [0.25, 0.3) is 5.91 Å². The van der Waals surface area contributed by atoms with E-state index in [1.54, 1.807) is 52.4 Å². The molecule has 40 heavy (non-hydrogen) atoms. The van der Waals surface area contributed by atoms with Crippen LogP contribution in [0.15, 0.2) is 55.1 Å². The maximum atomic E-state index is 12.8. The van der Waals surface area contributed by atoms with E-state index in [4.69, 9.17) is 4.74 Å². The highest BCUT2D eigenvalue weighted by Gasteiger charge is 2.24. The van der Waals surface area contributed by atoms with Gasteiger partial charge >= 0.3 is 6.09 Å². The summed E-state index contributed by atoms with van der Waals surface area (Å²) < 4.78 is 5.31. The molecule has 216 valence electrons. The average Bonchev–Trinajstić information content (AvgIpc) is 2.91. The van der Waals surface area contributed by atoms with Crippen LogP contribution >= 0.6 is 0 Å². The van der Waals surface area contributed by atoms with E-state index in [-0.39, 0.29) is 17.7 Å². The Morgan fingerprint density at radius 1 is 0.925 bits per heavy atom. The molecule has 0 fully saturated rings. The zero-order chi connectivity index (χ0) is 29.5. The molecule has 4 N–H and O–H groups in total. The third-order valence-corrected chi connectivity index (χ3v) is 5.53. The Morgan fingerprint density at radius 3 is 2.30 bits per heavy atom. The van der Waals surface area contributed by atoms with E-state index in [2.05, 4.69) is 37.8 Å². The van der Waals surface area contributed by atoms with Gasteiger partial charge in [-0.25, -0.2) is 4.79 Å². The van der Waals surface area contributed by atoms with E-state index in [9.17, 15) is 19.2 Å². The SMILES string of the molecule is C=C(C)C(=O)NCCCNC(=O)C(CCCCNC(=O)c1cncc(-c2cccnc2)c1)NC(=O)OC(C)(C)C. The van der Waals surface area contributed by atoms with Crippen LogP contribution in [0.2, 0.25) is 0 Å². The Morgan fingerprint density at radius 2 is 1.62 bits per heavy atom. The summed E-state index contributed by atoms with van der Waals surface area (Å²) >= 11 is 0. The van der Waals surface area contributed by atoms with Crippen molar-refractivity contribution in [2.45, 2.75) is 65.0 Å². The molecule has 2 aromatic rings. The number of carbonyl (C=O) groups is 4. The van der Waals surface area contributed by atoms with Gasteiger partial charge in [-0.15, -0.1) is 0 Å². The first kappa shape index (κ1) is 31.9. The van der Waals surface area contributed by atoms with Crippen LogP contribution in [0.25, 0.3) is 11.1 Å². The Balaban J connectivity index is 1.83. The smallest absolute Gasteiger partial charge is 0.408 e. The van der Waals surface area contributed by atoms with Gasteiger partial charge in [0.05, 0.1) is 5.56 Å². The second kappa shape index (κ2) is 16.0. The number of aromatic nitrogens is 2. The molecule has 0 spiro atoms. The maximum Gasteiger partial charge on any atom is 0.408 e. The average molecular weight is 553 g/mol. The third-order valence-electron chi connectivity index (χ3n) is 5.53. The first-order valence-electron chi connectivity index (χ1n) is 13.3. The van der Waals surface area contributed by atoms with Crippen molar-refractivity contribution in [1.82, 2.24) is 31.2 Å². The van der Waals surface area contributed by atoms with Crippen LogP contribution < -0.4 is 21.3 Å². The van der Waals surface area contributed by atoms with Gasteiger partial charge < -0.3 is 26.0 Å². The number of ether oxygens (including phenoxy) is 1. The van der Waals surface area contributed by atoms with Crippen molar-refractivity contribution in [3.05, 3.63) is 60.7 Å². The van der Waals surface area contributed by atoms with Crippen molar-refractivity contribution in [1.29, 1.82) is 0 Å². The summed E-state index contributed by atoms with van der Waals surface area (Å²) in [5.74, 6) is -0.835. The summed E-state index contributed by atoms with van der Waals surface area (Å²) in [5.41, 5.74) is 1.80. The van der Waals surface area contributed by atoms with Crippen molar-refractivity contribution in [3.8, 4) is 11.1 Å². The summed E-state index contributed by atoms with van der Waals surface area (Å²) in [6, 6.07) is 4.66. The second-order valence-electron chi connectivity index (χ2n) is 10.3. The van der Waals surface area contributed by atoms with Gasteiger partial charge in [-0.2, -0.15) is 0 Å². The topological polar surface area (TPSA) is 151 Å². The van der Waals surface area contributed by atoms with E-state index in [1.807, 2.05) is 12.1 Å². The minimum Gasteiger partial charge on any atom is -0.444 e. The molecule has 0 aliphatic heterocycles.